The van der Waals surface area contributed by atoms with Gasteiger partial charge in [-0.1, -0.05) is 0 Å². The van der Waals surface area contributed by atoms with Gasteiger partial charge >= 0.3 is 10.3 Å². The van der Waals surface area contributed by atoms with Crippen molar-refractivity contribution < 1.29 is 28.1 Å². The Labute approximate surface area is 298 Å². The summed E-state index contributed by atoms with van der Waals surface area (Å²) in [6.45, 7) is 7.72. The number of hydrogen-bond donors (Lipinski definition) is 2. The van der Waals surface area contributed by atoms with Gasteiger partial charge in [-0.25, -0.2) is 0 Å². The number of hydrogen-bond acceptors (Lipinski definition) is 10. The minimum absolute atomic E-state index is 0. The van der Waals surface area contributed by atoms with Gasteiger partial charge in [-0.15, -0.1) is 0 Å². The Balaban J connectivity index is 0.000000216. The molecule has 6 rings (SSSR count). The number of aromatic amines is 2. The highest BCUT2D eigenvalue weighted by atomic mass is 32.2. The quantitative estimate of drug-likeness (QED) is 0.162. The molecular weight excluding hydrogens is 685 g/mol. The van der Waals surface area contributed by atoms with Crippen molar-refractivity contribution in [3.05, 3.63) is 82.4 Å². The average molecular weight is 725 g/mol. The van der Waals surface area contributed by atoms with Gasteiger partial charge in [0.25, 0.3) is 0 Å². The van der Waals surface area contributed by atoms with Gasteiger partial charge in [0, 0.05) is 69.1 Å². The lowest BCUT2D eigenvalue weighted by Gasteiger charge is -2.13. The third kappa shape index (κ3) is 8.36. The number of imidazole rings is 2. The number of nitrogens with one attached hydrogen (secondary N) is 2. The van der Waals surface area contributed by atoms with E-state index >= 15 is 0 Å². The maximum absolute atomic E-state index is 12.7. The van der Waals surface area contributed by atoms with Gasteiger partial charge in [-0.05, 0) is 52.0 Å². The van der Waals surface area contributed by atoms with Crippen LogP contribution in [0.1, 0.15) is 33.6 Å². The van der Waals surface area contributed by atoms with Gasteiger partial charge in [0.15, 0.2) is 11.5 Å². The van der Waals surface area contributed by atoms with Crippen molar-refractivity contribution in [3.63, 3.8) is 0 Å². The lowest BCUT2D eigenvalue weighted by molar-refractivity contribution is 0.407. The van der Waals surface area contributed by atoms with E-state index in [4.69, 9.17) is 18.9 Å². The number of nitrogens with zero attached hydrogens (tertiary/aromatic N) is 4. The van der Waals surface area contributed by atoms with Gasteiger partial charge in [0.1, 0.15) is 23.0 Å². The number of H-pyrrole nitrogens is 2. The fraction of sp³-hybridized carbons (Fsp3) is 0.294. The Hall–Kier alpha value is -4.15. The molecule has 260 valence electrons. The molecule has 0 aliphatic heterocycles. The Morgan fingerprint density at radius 1 is 0.612 bits per heavy atom. The van der Waals surface area contributed by atoms with Crippen LogP contribution in [0.25, 0.3) is 22.1 Å². The topological polar surface area (TPSA) is 166 Å². The fourth-order valence-corrected chi connectivity index (χ4v) is 7.41. The maximum atomic E-state index is 12.7. The van der Waals surface area contributed by atoms with E-state index in [1.807, 2.05) is 64.1 Å². The van der Waals surface area contributed by atoms with Crippen LogP contribution in [0, 0.1) is 27.7 Å². The van der Waals surface area contributed by atoms with Crippen LogP contribution < -0.4 is 18.9 Å². The zero-order valence-electron chi connectivity index (χ0n) is 28.6. The number of aromatic nitrogens is 6. The predicted octanol–water partition coefficient (Wildman–Crippen LogP) is 5.91. The molecule has 0 radical (unpaired) electrons. The summed E-state index contributed by atoms with van der Waals surface area (Å²) in [6, 6.07) is 11.0. The second-order valence-corrected chi connectivity index (χ2v) is 13.7. The summed E-state index contributed by atoms with van der Waals surface area (Å²) < 4.78 is 46.5. The van der Waals surface area contributed by atoms with E-state index in [1.54, 1.807) is 40.8 Å². The molecule has 49 heavy (non-hydrogen) atoms. The van der Waals surface area contributed by atoms with E-state index in [-0.39, 0.29) is 25.0 Å². The molecule has 0 bridgehead atoms. The first-order valence-corrected chi connectivity index (χ1v) is 17.5. The number of fused-ring (bicyclic) bond motifs is 2. The molecular formula is C34H40N6O6S3. The second-order valence-electron chi connectivity index (χ2n) is 10.9. The summed E-state index contributed by atoms with van der Waals surface area (Å²) in [5.74, 6) is 3.55. The van der Waals surface area contributed by atoms with Crippen molar-refractivity contribution in [2.24, 2.45) is 0 Å². The minimum Gasteiger partial charge on any atom is -0.609 e. The summed E-state index contributed by atoms with van der Waals surface area (Å²) in [6.07, 6.45) is 3.48. The first-order chi connectivity index (χ1) is 23.1. The number of rotatable bonds is 10. The number of aryl methyl sites for hydroxylation is 2. The van der Waals surface area contributed by atoms with Gasteiger partial charge in [0.2, 0.25) is 0 Å². The summed E-state index contributed by atoms with van der Waals surface area (Å²) in [5, 5.41) is 0.859. The van der Waals surface area contributed by atoms with Crippen molar-refractivity contribution >= 4 is 57.9 Å². The molecule has 0 saturated carbocycles. The van der Waals surface area contributed by atoms with Gasteiger partial charge in [-0.3, -0.25) is 19.9 Å². The van der Waals surface area contributed by atoms with E-state index in [0.717, 1.165) is 67.2 Å². The van der Waals surface area contributed by atoms with Crippen LogP contribution in [0.15, 0.2) is 59.1 Å². The molecule has 2 N–H and O–H groups in total. The second kappa shape index (κ2) is 16.5. The van der Waals surface area contributed by atoms with Crippen molar-refractivity contribution in [2.75, 3.05) is 28.4 Å². The predicted molar refractivity (Wildman–Crippen MR) is 196 cm³/mol. The average Bonchev–Trinajstić information content (AvgIpc) is 3.72. The van der Waals surface area contributed by atoms with Crippen LogP contribution in [0.4, 0.5) is 0 Å². The molecule has 2 unspecified atom stereocenters. The molecule has 4 heterocycles. The summed E-state index contributed by atoms with van der Waals surface area (Å²) in [5.41, 5.74) is 8.32. The molecule has 0 saturated heterocycles. The van der Waals surface area contributed by atoms with Gasteiger partial charge < -0.3 is 28.1 Å². The Kier molecular flexibility index (Phi) is 12.7. The highest BCUT2D eigenvalue weighted by molar-refractivity contribution is 7.90. The highest BCUT2D eigenvalue weighted by Crippen LogP contribution is 2.29. The van der Waals surface area contributed by atoms with Crippen LogP contribution in [-0.2, 0) is 33.9 Å². The molecule has 15 heteroatoms. The van der Waals surface area contributed by atoms with E-state index < -0.39 is 22.4 Å². The molecule has 12 nitrogen and oxygen atoms in total. The zero-order valence-corrected chi connectivity index (χ0v) is 31.2. The van der Waals surface area contributed by atoms with Crippen LogP contribution in [0.3, 0.4) is 0 Å². The smallest absolute Gasteiger partial charge is 0.322 e. The molecule has 4 aromatic heterocycles. The Morgan fingerprint density at radius 3 is 1.35 bits per heavy atom. The molecule has 0 spiro atoms. The Bertz CT molecular complexity index is 1910. The number of pyridine rings is 2. The molecule has 2 aromatic carbocycles. The maximum Gasteiger partial charge on any atom is 0.322 e. The number of benzene rings is 2. The van der Waals surface area contributed by atoms with Crippen LogP contribution in [-0.4, -0.2) is 67.4 Å². The SMILES string of the molecule is COc1ccc2[nH]c([S+]([O-])Cc3ncc(C)c(OC)c3C)nc2c1.COc1ccc2[nH]c([S+]([O-])Cc3ncc(C)c(OC)c3C)nc2c1.S. The van der Waals surface area contributed by atoms with Crippen LogP contribution in [0.5, 0.6) is 23.0 Å². The molecule has 2 atom stereocenters. The third-order valence-corrected chi connectivity index (χ3v) is 10.1. The molecule has 0 fully saturated rings. The van der Waals surface area contributed by atoms with E-state index in [2.05, 4.69) is 29.9 Å². The van der Waals surface area contributed by atoms with E-state index in [1.165, 1.54) is 0 Å². The zero-order chi connectivity index (χ0) is 34.5. The highest BCUT2D eigenvalue weighted by Gasteiger charge is 2.23. The monoisotopic (exact) mass is 724 g/mol. The first kappa shape index (κ1) is 37.7. The van der Waals surface area contributed by atoms with Crippen LogP contribution in [0.2, 0.25) is 0 Å². The van der Waals surface area contributed by atoms with Crippen molar-refractivity contribution in [1.29, 1.82) is 0 Å². The van der Waals surface area contributed by atoms with Crippen molar-refractivity contribution in [2.45, 2.75) is 49.5 Å². The summed E-state index contributed by atoms with van der Waals surface area (Å²) in [7, 11) is 6.46. The normalized spacial score (nSPS) is 12.1. The van der Waals surface area contributed by atoms with E-state index in [9.17, 15) is 9.11 Å². The van der Waals surface area contributed by atoms with Gasteiger partial charge in [-0.2, -0.15) is 23.5 Å². The standard InChI is InChI=1S/2C17H19N3O3S.H2S/c2*1-10-8-18-15(11(2)16(10)23-4)9-24(21)17-19-13-6-5-12(22-3)7-14(13)20-17;/h2*5-8H,9H2,1-4H3,(H,19,20);1H2. The number of ether oxygens (including phenoxy) is 4. The molecule has 6 aromatic rings. The van der Waals surface area contributed by atoms with Crippen LogP contribution >= 0.6 is 13.5 Å². The summed E-state index contributed by atoms with van der Waals surface area (Å²) in [4.78, 5) is 23.8. The summed E-state index contributed by atoms with van der Waals surface area (Å²) >= 11 is -2.66. The van der Waals surface area contributed by atoms with Crippen molar-refractivity contribution in [1.82, 2.24) is 29.9 Å². The third-order valence-electron chi connectivity index (χ3n) is 7.80. The lowest BCUT2D eigenvalue weighted by atomic mass is 10.1. The fourth-order valence-electron chi connectivity index (χ4n) is 5.21. The van der Waals surface area contributed by atoms with E-state index in [0.29, 0.717) is 21.8 Å². The lowest BCUT2D eigenvalue weighted by Crippen LogP contribution is -2.10. The molecule has 0 amide bonds. The minimum atomic E-state index is -1.33. The number of methoxy groups -OCH3 is 4. The first-order valence-electron chi connectivity index (χ1n) is 14.9. The van der Waals surface area contributed by atoms with Crippen molar-refractivity contribution in [3.8, 4) is 23.0 Å². The molecule has 0 aliphatic rings. The largest absolute Gasteiger partial charge is 0.609 e. The van der Waals surface area contributed by atoms with Gasteiger partial charge in [0.05, 0.1) is 61.9 Å². The molecule has 0 aliphatic carbocycles. The Morgan fingerprint density at radius 2 is 1.00 bits per heavy atom.